The lowest BCUT2D eigenvalue weighted by Crippen LogP contribution is -2.35. The zero-order chi connectivity index (χ0) is 15.5. The number of anilines is 1. The third kappa shape index (κ3) is 2.98. The molecule has 1 atom stereocenters. The third-order valence-electron chi connectivity index (χ3n) is 3.80. The minimum Gasteiger partial charge on any atom is -0.322 e. The van der Waals surface area contributed by atoms with E-state index >= 15 is 0 Å². The molecule has 3 rings (SSSR count). The number of hydrogen-bond donors (Lipinski definition) is 2. The Balaban J connectivity index is 1.89. The van der Waals surface area contributed by atoms with Gasteiger partial charge in [-0.2, -0.15) is 0 Å². The van der Waals surface area contributed by atoms with Gasteiger partial charge in [0.25, 0.3) is 0 Å². The fourth-order valence-corrected chi connectivity index (χ4v) is 2.88. The van der Waals surface area contributed by atoms with Crippen molar-refractivity contribution in [1.82, 2.24) is 5.32 Å². The van der Waals surface area contributed by atoms with Gasteiger partial charge in [-0.3, -0.25) is 4.79 Å². The second kappa shape index (κ2) is 6.46. The first-order valence-electron chi connectivity index (χ1n) is 7.24. The molecule has 2 N–H and O–H groups in total. The first-order chi connectivity index (χ1) is 10.7. The standard InChI is InChI=1S/C17H16ClFN2O/c18-13-7-2-1-5-11(13)12-6-3-8-14(16(12)19)21-17(22)15-9-4-10-20-15/h1-3,5-8,15,20H,4,9-10H2,(H,21,22)/t15-/m0/s1. The summed E-state index contributed by atoms with van der Waals surface area (Å²) in [6.45, 7) is 0.820. The van der Waals surface area contributed by atoms with Crippen LogP contribution in [0, 0.1) is 5.82 Å². The molecule has 0 radical (unpaired) electrons. The molecule has 0 unspecified atom stereocenters. The largest absolute Gasteiger partial charge is 0.322 e. The molecule has 1 aliphatic rings. The monoisotopic (exact) mass is 318 g/mol. The molecule has 5 heteroatoms. The van der Waals surface area contributed by atoms with Crippen molar-refractivity contribution in [2.24, 2.45) is 0 Å². The maximum Gasteiger partial charge on any atom is 0.241 e. The summed E-state index contributed by atoms with van der Waals surface area (Å²) in [4.78, 5) is 12.1. The van der Waals surface area contributed by atoms with Crippen LogP contribution in [-0.4, -0.2) is 18.5 Å². The lowest BCUT2D eigenvalue weighted by molar-refractivity contribution is -0.117. The lowest BCUT2D eigenvalue weighted by atomic mass is 10.0. The van der Waals surface area contributed by atoms with Crippen LogP contribution >= 0.6 is 11.6 Å². The van der Waals surface area contributed by atoms with Gasteiger partial charge >= 0.3 is 0 Å². The molecule has 1 amide bonds. The van der Waals surface area contributed by atoms with Gasteiger partial charge in [0.1, 0.15) is 0 Å². The van der Waals surface area contributed by atoms with E-state index in [2.05, 4.69) is 10.6 Å². The van der Waals surface area contributed by atoms with Crippen LogP contribution in [0.2, 0.25) is 5.02 Å². The Kier molecular flexibility index (Phi) is 4.41. The van der Waals surface area contributed by atoms with E-state index in [1.807, 2.05) is 0 Å². The summed E-state index contributed by atoms with van der Waals surface area (Å²) >= 11 is 6.13. The number of carbonyl (C=O) groups excluding carboxylic acids is 1. The average molecular weight is 319 g/mol. The fourth-order valence-electron chi connectivity index (χ4n) is 2.64. The second-order valence-electron chi connectivity index (χ2n) is 5.29. The summed E-state index contributed by atoms with van der Waals surface area (Å²) < 4.78 is 14.7. The maximum absolute atomic E-state index is 14.7. The molecule has 1 heterocycles. The minimum atomic E-state index is -0.470. The number of hydrogen-bond acceptors (Lipinski definition) is 2. The van der Waals surface area contributed by atoms with Crippen molar-refractivity contribution in [3.8, 4) is 11.1 Å². The Hall–Kier alpha value is -1.91. The van der Waals surface area contributed by atoms with E-state index in [1.54, 1.807) is 42.5 Å². The number of carbonyl (C=O) groups is 1. The number of amides is 1. The summed E-state index contributed by atoms with van der Waals surface area (Å²) in [6, 6.07) is 11.7. The summed E-state index contributed by atoms with van der Waals surface area (Å²) in [5, 5.41) is 6.23. The average Bonchev–Trinajstić information content (AvgIpc) is 3.05. The van der Waals surface area contributed by atoms with Crippen LogP contribution in [0.25, 0.3) is 11.1 Å². The molecule has 114 valence electrons. The van der Waals surface area contributed by atoms with Crippen molar-refractivity contribution < 1.29 is 9.18 Å². The van der Waals surface area contributed by atoms with E-state index in [0.717, 1.165) is 19.4 Å². The van der Waals surface area contributed by atoms with Crippen molar-refractivity contribution in [3.05, 3.63) is 53.3 Å². The summed E-state index contributed by atoms with van der Waals surface area (Å²) in [5.41, 5.74) is 1.16. The molecule has 0 aliphatic carbocycles. The van der Waals surface area contributed by atoms with Crippen molar-refractivity contribution in [2.45, 2.75) is 18.9 Å². The van der Waals surface area contributed by atoms with Crippen LogP contribution in [0.4, 0.5) is 10.1 Å². The van der Waals surface area contributed by atoms with Crippen LogP contribution in [0.3, 0.4) is 0 Å². The topological polar surface area (TPSA) is 41.1 Å². The van der Waals surface area contributed by atoms with E-state index in [4.69, 9.17) is 11.6 Å². The normalized spacial score (nSPS) is 17.5. The Labute approximate surface area is 133 Å². The van der Waals surface area contributed by atoms with Crippen molar-refractivity contribution in [2.75, 3.05) is 11.9 Å². The van der Waals surface area contributed by atoms with E-state index in [-0.39, 0.29) is 17.6 Å². The molecule has 2 aromatic carbocycles. The van der Waals surface area contributed by atoms with Gasteiger partial charge in [0.05, 0.1) is 11.7 Å². The predicted molar refractivity (Wildman–Crippen MR) is 86.5 cm³/mol. The van der Waals surface area contributed by atoms with E-state index in [0.29, 0.717) is 16.1 Å². The molecule has 1 fully saturated rings. The highest BCUT2D eigenvalue weighted by Gasteiger charge is 2.23. The molecule has 3 nitrogen and oxygen atoms in total. The highest BCUT2D eigenvalue weighted by Crippen LogP contribution is 2.32. The number of nitrogens with one attached hydrogen (secondary N) is 2. The smallest absolute Gasteiger partial charge is 0.241 e. The lowest BCUT2D eigenvalue weighted by Gasteiger charge is -2.14. The molecule has 22 heavy (non-hydrogen) atoms. The molecular formula is C17H16ClFN2O. The van der Waals surface area contributed by atoms with Gasteiger partial charge in [-0.1, -0.05) is 41.9 Å². The van der Waals surface area contributed by atoms with Crippen LogP contribution in [0.5, 0.6) is 0 Å². The molecule has 2 aromatic rings. The Morgan fingerprint density at radius 3 is 2.68 bits per heavy atom. The Morgan fingerprint density at radius 2 is 1.95 bits per heavy atom. The fraction of sp³-hybridized carbons (Fsp3) is 0.235. The number of benzene rings is 2. The molecule has 1 aliphatic heterocycles. The number of rotatable bonds is 3. The van der Waals surface area contributed by atoms with Crippen molar-refractivity contribution >= 4 is 23.2 Å². The van der Waals surface area contributed by atoms with Crippen LogP contribution < -0.4 is 10.6 Å². The van der Waals surface area contributed by atoms with Gasteiger partial charge in [-0.05, 0) is 31.5 Å². The molecule has 0 bridgehead atoms. The molecular weight excluding hydrogens is 303 g/mol. The molecule has 0 saturated carbocycles. The third-order valence-corrected chi connectivity index (χ3v) is 4.13. The summed E-state index contributed by atoms with van der Waals surface area (Å²) in [5.74, 6) is -0.672. The van der Waals surface area contributed by atoms with E-state index in [9.17, 15) is 9.18 Å². The minimum absolute atomic E-state index is 0.177. The van der Waals surface area contributed by atoms with Gasteiger partial charge in [0.15, 0.2) is 5.82 Å². The quantitative estimate of drug-likeness (QED) is 0.903. The van der Waals surface area contributed by atoms with Crippen LogP contribution in [0.15, 0.2) is 42.5 Å². The Morgan fingerprint density at radius 1 is 1.18 bits per heavy atom. The van der Waals surface area contributed by atoms with Gasteiger partial charge in [0, 0.05) is 16.1 Å². The van der Waals surface area contributed by atoms with Gasteiger partial charge in [0.2, 0.25) is 5.91 Å². The molecule has 1 saturated heterocycles. The maximum atomic E-state index is 14.7. The van der Waals surface area contributed by atoms with E-state index < -0.39 is 5.82 Å². The molecule has 0 aromatic heterocycles. The van der Waals surface area contributed by atoms with Gasteiger partial charge in [-0.15, -0.1) is 0 Å². The van der Waals surface area contributed by atoms with E-state index in [1.165, 1.54) is 0 Å². The van der Waals surface area contributed by atoms with Gasteiger partial charge < -0.3 is 10.6 Å². The zero-order valence-electron chi connectivity index (χ0n) is 11.9. The highest BCUT2D eigenvalue weighted by molar-refractivity contribution is 6.33. The molecule has 0 spiro atoms. The summed E-state index contributed by atoms with van der Waals surface area (Å²) in [6.07, 6.45) is 1.73. The second-order valence-corrected chi connectivity index (χ2v) is 5.69. The van der Waals surface area contributed by atoms with Crippen molar-refractivity contribution in [1.29, 1.82) is 0 Å². The SMILES string of the molecule is O=C(Nc1cccc(-c2ccccc2Cl)c1F)[C@@H]1CCCN1. The summed E-state index contributed by atoms with van der Waals surface area (Å²) in [7, 11) is 0. The first-order valence-corrected chi connectivity index (χ1v) is 7.62. The first kappa shape index (κ1) is 15.0. The van der Waals surface area contributed by atoms with Crippen LogP contribution in [-0.2, 0) is 4.79 Å². The zero-order valence-corrected chi connectivity index (χ0v) is 12.7. The number of halogens is 2. The highest BCUT2D eigenvalue weighted by atomic mass is 35.5. The predicted octanol–water partition coefficient (Wildman–Crippen LogP) is 3.84. The van der Waals surface area contributed by atoms with Crippen LogP contribution in [0.1, 0.15) is 12.8 Å². The van der Waals surface area contributed by atoms with Crippen molar-refractivity contribution in [3.63, 3.8) is 0 Å². The van der Waals surface area contributed by atoms with Gasteiger partial charge in [-0.25, -0.2) is 4.39 Å². The Bertz CT molecular complexity index is 699.